The highest BCUT2D eigenvalue weighted by Crippen LogP contribution is 2.22. The van der Waals surface area contributed by atoms with Gasteiger partial charge >= 0.3 is 0 Å². The summed E-state index contributed by atoms with van der Waals surface area (Å²) >= 11 is 0. The number of hydrogen-bond acceptors (Lipinski definition) is 2. The van der Waals surface area contributed by atoms with Crippen LogP contribution in [0.4, 0.5) is 5.69 Å². The van der Waals surface area contributed by atoms with Gasteiger partial charge in [-0.1, -0.05) is 12.1 Å². The van der Waals surface area contributed by atoms with Crippen molar-refractivity contribution < 1.29 is 9.21 Å². The molecule has 0 spiro atoms. The van der Waals surface area contributed by atoms with E-state index in [0.29, 0.717) is 17.9 Å². The molecule has 0 fully saturated rings. The fourth-order valence-corrected chi connectivity index (χ4v) is 2.27. The number of anilines is 1. The highest BCUT2D eigenvalue weighted by Gasteiger charge is 2.22. The van der Waals surface area contributed by atoms with Gasteiger partial charge < -0.3 is 9.32 Å². The Labute approximate surface area is 113 Å². The number of aryl methyl sites for hydroxylation is 3. The fourth-order valence-electron chi connectivity index (χ4n) is 2.27. The topological polar surface area (TPSA) is 33.5 Å². The van der Waals surface area contributed by atoms with Crippen LogP contribution in [0.1, 0.15) is 34.2 Å². The van der Waals surface area contributed by atoms with Crippen LogP contribution in [0, 0.1) is 20.8 Å². The van der Waals surface area contributed by atoms with Crippen LogP contribution in [0.25, 0.3) is 0 Å². The summed E-state index contributed by atoms with van der Waals surface area (Å²) in [6, 6.07) is 7.97. The maximum Gasteiger partial charge on any atom is 0.262 e. The minimum absolute atomic E-state index is 0.00292. The van der Waals surface area contributed by atoms with Crippen LogP contribution in [0.5, 0.6) is 0 Å². The van der Waals surface area contributed by atoms with E-state index in [1.54, 1.807) is 11.2 Å². The van der Waals surface area contributed by atoms with E-state index in [0.717, 1.165) is 16.8 Å². The zero-order valence-corrected chi connectivity index (χ0v) is 11.9. The van der Waals surface area contributed by atoms with Crippen molar-refractivity contribution in [3.8, 4) is 0 Å². The maximum atomic E-state index is 12.7. The van der Waals surface area contributed by atoms with Crippen LogP contribution < -0.4 is 4.90 Å². The van der Waals surface area contributed by atoms with Crippen LogP contribution in [0.3, 0.4) is 0 Å². The first-order valence-electron chi connectivity index (χ1n) is 6.47. The van der Waals surface area contributed by atoms with Gasteiger partial charge in [-0.3, -0.25) is 4.79 Å². The lowest BCUT2D eigenvalue weighted by Gasteiger charge is -2.21. The SMILES string of the molecule is CCN(C(=O)c1c(C)coc1C)c1cccc(C)c1. The second kappa shape index (κ2) is 5.31. The van der Waals surface area contributed by atoms with Gasteiger partial charge in [0.05, 0.1) is 11.8 Å². The molecule has 0 bridgehead atoms. The molecule has 1 aromatic carbocycles. The standard InChI is InChI=1S/C16H19NO2/c1-5-17(14-8-6-7-11(2)9-14)16(18)15-12(3)10-19-13(15)4/h6-10H,5H2,1-4H3. The summed E-state index contributed by atoms with van der Waals surface area (Å²) in [6.45, 7) is 8.35. The van der Waals surface area contributed by atoms with Crippen molar-refractivity contribution in [3.05, 3.63) is 53.0 Å². The smallest absolute Gasteiger partial charge is 0.262 e. The van der Waals surface area contributed by atoms with Crippen LogP contribution in [0.15, 0.2) is 34.9 Å². The average molecular weight is 257 g/mol. The Morgan fingerprint density at radius 3 is 2.53 bits per heavy atom. The summed E-state index contributed by atoms with van der Waals surface area (Å²) in [5.41, 5.74) is 3.62. The van der Waals surface area contributed by atoms with E-state index in [-0.39, 0.29) is 5.91 Å². The highest BCUT2D eigenvalue weighted by atomic mass is 16.3. The molecule has 100 valence electrons. The predicted molar refractivity (Wildman–Crippen MR) is 76.7 cm³/mol. The molecule has 0 unspecified atom stereocenters. The number of hydrogen-bond donors (Lipinski definition) is 0. The van der Waals surface area contributed by atoms with Gasteiger partial charge in [-0.15, -0.1) is 0 Å². The number of nitrogens with zero attached hydrogens (tertiary/aromatic N) is 1. The van der Waals surface area contributed by atoms with E-state index in [2.05, 4.69) is 0 Å². The van der Waals surface area contributed by atoms with E-state index >= 15 is 0 Å². The molecule has 3 heteroatoms. The van der Waals surface area contributed by atoms with E-state index < -0.39 is 0 Å². The van der Waals surface area contributed by atoms with Crippen LogP contribution in [-0.2, 0) is 0 Å². The lowest BCUT2D eigenvalue weighted by atomic mass is 10.1. The third kappa shape index (κ3) is 2.55. The third-order valence-corrected chi connectivity index (χ3v) is 3.25. The Balaban J connectivity index is 2.40. The Bertz CT molecular complexity index is 579. The number of benzene rings is 1. The summed E-state index contributed by atoms with van der Waals surface area (Å²) in [7, 11) is 0. The average Bonchev–Trinajstić information content (AvgIpc) is 2.70. The molecule has 2 aromatic rings. The molecule has 1 amide bonds. The summed E-state index contributed by atoms with van der Waals surface area (Å²) in [5, 5.41) is 0. The second-order valence-electron chi connectivity index (χ2n) is 4.74. The van der Waals surface area contributed by atoms with Gasteiger partial charge in [0, 0.05) is 17.8 Å². The molecule has 0 aliphatic carbocycles. The minimum Gasteiger partial charge on any atom is -0.469 e. The molecule has 0 N–H and O–H groups in total. The minimum atomic E-state index is -0.00292. The second-order valence-corrected chi connectivity index (χ2v) is 4.74. The first kappa shape index (κ1) is 13.4. The maximum absolute atomic E-state index is 12.7. The zero-order chi connectivity index (χ0) is 14.0. The van der Waals surface area contributed by atoms with Crippen LogP contribution in [0.2, 0.25) is 0 Å². The monoisotopic (exact) mass is 257 g/mol. The van der Waals surface area contributed by atoms with Crippen molar-refractivity contribution in [1.82, 2.24) is 0 Å². The highest BCUT2D eigenvalue weighted by molar-refractivity contribution is 6.07. The van der Waals surface area contributed by atoms with E-state index in [4.69, 9.17) is 4.42 Å². The molecule has 0 aliphatic heterocycles. The van der Waals surface area contributed by atoms with Crippen LogP contribution in [-0.4, -0.2) is 12.5 Å². The summed E-state index contributed by atoms with van der Waals surface area (Å²) in [5.74, 6) is 0.672. The molecule has 0 radical (unpaired) electrons. The van der Waals surface area contributed by atoms with Crippen molar-refractivity contribution in [2.45, 2.75) is 27.7 Å². The first-order chi connectivity index (χ1) is 9.04. The van der Waals surface area contributed by atoms with E-state index in [9.17, 15) is 4.79 Å². The molecule has 0 saturated carbocycles. The Morgan fingerprint density at radius 2 is 2.00 bits per heavy atom. The molecule has 19 heavy (non-hydrogen) atoms. The molecule has 2 rings (SSSR count). The fraction of sp³-hybridized carbons (Fsp3) is 0.312. The van der Waals surface area contributed by atoms with Gasteiger partial charge in [0.25, 0.3) is 5.91 Å². The van der Waals surface area contributed by atoms with Gasteiger partial charge in [-0.05, 0) is 45.4 Å². The van der Waals surface area contributed by atoms with E-state index in [1.165, 1.54) is 0 Å². The van der Waals surface area contributed by atoms with Gasteiger partial charge in [0.15, 0.2) is 0 Å². The molecule has 0 aliphatic rings. The molecular weight excluding hydrogens is 238 g/mol. The van der Waals surface area contributed by atoms with Crippen molar-refractivity contribution in [2.75, 3.05) is 11.4 Å². The molecule has 0 atom stereocenters. The molecule has 1 heterocycles. The normalized spacial score (nSPS) is 10.5. The molecule has 3 nitrogen and oxygen atoms in total. The number of rotatable bonds is 3. The zero-order valence-electron chi connectivity index (χ0n) is 11.9. The summed E-state index contributed by atoms with van der Waals surface area (Å²) < 4.78 is 5.32. The summed E-state index contributed by atoms with van der Waals surface area (Å²) in [4.78, 5) is 14.4. The molecule has 1 aromatic heterocycles. The number of furan rings is 1. The van der Waals surface area contributed by atoms with Crippen molar-refractivity contribution in [2.24, 2.45) is 0 Å². The van der Waals surface area contributed by atoms with Crippen molar-refractivity contribution >= 4 is 11.6 Å². The largest absolute Gasteiger partial charge is 0.469 e. The quantitative estimate of drug-likeness (QED) is 0.836. The Kier molecular flexibility index (Phi) is 3.74. The summed E-state index contributed by atoms with van der Waals surface area (Å²) in [6.07, 6.45) is 1.63. The Morgan fingerprint density at radius 1 is 1.26 bits per heavy atom. The number of carbonyl (C=O) groups is 1. The van der Waals surface area contributed by atoms with Crippen LogP contribution >= 0.6 is 0 Å². The first-order valence-corrected chi connectivity index (χ1v) is 6.47. The Hall–Kier alpha value is -2.03. The lowest BCUT2D eigenvalue weighted by molar-refractivity contribution is 0.0986. The van der Waals surface area contributed by atoms with E-state index in [1.807, 2.05) is 52.0 Å². The van der Waals surface area contributed by atoms with Crippen molar-refractivity contribution in [3.63, 3.8) is 0 Å². The predicted octanol–water partition coefficient (Wildman–Crippen LogP) is 3.87. The van der Waals surface area contributed by atoms with Crippen molar-refractivity contribution in [1.29, 1.82) is 0 Å². The third-order valence-electron chi connectivity index (χ3n) is 3.25. The van der Waals surface area contributed by atoms with Gasteiger partial charge in [0.2, 0.25) is 0 Å². The van der Waals surface area contributed by atoms with Gasteiger partial charge in [-0.25, -0.2) is 0 Å². The number of amides is 1. The lowest BCUT2D eigenvalue weighted by Crippen LogP contribution is -2.31. The van der Waals surface area contributed by atoms with Gasteiger partial charge in [0.1, 0.15) is 5.76 Å². The van der Waals surface area contributed by atoms with Gasteiger partial charge in [-0.2, -0.15) is 0 Å². The molecular formula is C16H19NO2. The number of carbonyl (C=O) groups excluding carboxylic acids is 1. The molecule has 0 saturated heterocycles.